The van der Waals surface area contributed by atoms with Crippen LogP contribution in [0.15, 0.2) is 54.9 Å². The largest absolute Gasteiger partial charge is 0.484 e. The van der Waals surface area contributed by atoms with Crippen LogP contribution in [0.25, 0.3) is 16.0 Å². The number of hydrogen-bond donors (Lipinski definition) is 2. The highest BCUT2D eigenvalue weighted by molar-refractivity contribution is 7.88. The first-order chi connectivity index (χ1) is 15.7. The van der Waals surface area contributed by atoms with E-state index in [2.05, 4.69) is 9.71 Å². The molecule has 3 N–H and O–H groups in total. The number of nitrogens with one attached hydrogen (secondary N) is 1. The first-order valence-electron chi connectivity index (χ1n) is 9.91. The van der Waals surface area contributed by atoms with Crippen LogP contribution in [0, 0.1) is 0 Å². The second kappa shape index (κ2) is 9.14. The second-order valence-corrected chi connectivity index (χ2v) is 10.7. The molecule has 172 valence electrons. The van der Waals surface area contributed by atoms with E-state index in [1.165, 1.54) is 7.05 Å². The smallest absolute Gasteiger partial charge is 0.262 e. The molecule has 0 aliphatic rings. The van der Waals surface area contributed by atoms with E-state index in [-0.39, 0.29) is 10.6 Å². The van der Waals surface area contributed by atoms with Crippen molar-refractivity contribution >= 4 is 49.9 Å². The van der Waals surface area contributed by atoms with Crippen molar-refractivity contribution in [1.82, 2.24) is 14.3 Å². The zero-order valence-electron chi connectivity index (χ0n) is 17.8. The molecule has 0 aliphatic heterocycles. The summed E-state index contributed by atoms with van der Waals surface area (Å²) in [5.74, 6) is -0.436. The first-order valence-corrected chi connectivity index (χ1v) is 12.8. The summed E-state index contributed by atoms with van der Waals surface area (Å²) in [6.07, 6.45) is 1.19. The molecule has 0 bridgehead atoms. The van der Waals surface area contributed by atoms with Crippen LogP contribution in [0.2, 0.25) is 5.02 Å². The molecule has 2 aromatic carbocycles. The number of amides is 1. The Kier molecular flexibility index (Phi) is 6.44. The zero-order valence-corrected chi connectivity index (χ0v) is 20.2. The Labute approximate surface area is 200 Å². The summed E-state index contributed by atoms with van der Waals surface area (Å²) in [6.45, 7) is 1.84. The fourth-order valence-electron chi connectivity index (χ4n) is 3.41. The fraction of sp³-hybridized carbons (Fsp3) is 0.182. The van der Waals surface area contributed by atoms with E-state index in [1.807, 2.05) is 25.1 Å². The number of imidazole rings is 1. The van der Waals surface area contributed by atoms with Crippen LogP contribution in [-0.4, -0.2) is 30.9 Å². The van der Waals surface area contributed by atoms with Crippen molar-refractivity contribution in [3.05, 3.63) is 75.9 Å². The molecule has 0 unspecified atom stereocenters. The number of fused-ring (bicyclic) bond motifs is 1. The lowest BCUT2D eigenvalue weighted by Gasteiger charge is -2.16. The molecule has 33 heavy (non-hydrogen) atoms. The number of nitrogens with two attached hydrogens (primary N) is 1. The number of benzene rings is 2. The summed E-state index contributed by atoms with van der Waals surface area (Å²) in [6, 6.07) is 14.3. The maximum Gasteiger partial charge on any atom is 0.262 e. The Bertz CT molecular complexity index is 1450. The summed E-state index contributed by atoms with van der Waals surface area (Å²) in [5, 5.41) is 1.21. The lowest BCUT2D eigenvalue weighted by Crippen LogP contribution is -2.20. The van der Waals surface area contributed by atoms with Gasteiger partial charge in [-0.1, -0.05) is 35.9 Å². The molecule has 0 radical (unpaired) electrons. The van der Waals surface area contributed by atoms with Crippen molar-refractivity contribution in [2.75, 3.05) is 7.05 Å². The van der Waals surface area contributed by atoms with Gasteiger partial charge in [0.1, 0.15) is 28.1 Å². The van der Waals surface area contributed by atoms with E-state index < -0.39 is 22.0 Å². The summed E-state index contributed by atoms with van der Waals surface area (Å²) in [4.78, 5) is 16.8. The molecule has 2 heterocycles. The average molecular weight is 505 g/mol. The molecular formula is C22H21ClN4O4S2. The van der Waals surface area contributed by atoms with Crippen molar-refractivity contribution in [2.45, 2.75) is 18.8 Å². The number of nitrogens with zero attached hydrogens (tertiary/aromatic N) is 2. The lowest BCUT2D eigenvalue weighted by molar-refractivity contribution is 0.0998. The van der Waals surface area contributed by atoms with Crippen molar-refractivity contribution in [3.8, 4) is 10.8 Å². The van der Waals surface area contributed by atoms with Gasteiger partial charge in [0.05, 0.1) is 16.8 Å². The predicted molar refractivity (Wildman–Crippen MR) is 130 cm³/mol. The van der Waals surface area contributed by atoms with Crippen molar-refractivity contribution in [3.63, 3.8) is 0 Å². The molecule has 2 aromatic heterocycles. The van der Waals surface area contributed by atoms with Gasteiger partial charge in [-0.2, -0.15) is 0 Å². The molecule has 0 fully saturated rings. The predicted octanol–water partition coefficient (Wildman–Crippen LogP) is 4.03. The second-order valence-electron chi connectivity index (χ2n) is 7.32. The van der Waals surface area contributed by atoms with Gasteiger partial charge < -0.3 is 10.5 Å². The minimum Gasteiger partial charge on any atom is -0.484 e. The van der Waals surface area contributed by atoms with Crippen LogP contribution in [0.1, 0.15) is 33.8 Å². The van der Waals surface area contributed by atoms with Gasteiger partial charge in [0.15, 0.2) is 0 Å². The van der Waals surface area contributed by atoms with E-state index in [0.717, 1.165) is 16.9 Å². The van der Waals surface area contributed by atoms with Gasteiger partial charge in [-0.05, 0) is 37.7 Å². The topological polar surface area (TPSA) is 116 Å². The molecule has 1 amide bonds. The minimum absolute atomic E-state index is 0.161. The number of ether oxygens (including phenoxy) is 1. The van der Waals surface area contributed by atoms with Crippen LogP contribution >= 0.6 is 22.9 Å². The zero-order chi connectivity index (χ0) is 23.8. The normalized spacial score (nSPS) is 12.7. The monoisotopic (exact) mass is 504 g/mol. The standard InChI is InChI=1S/C22H21ClN4O4S2/c1-13(15-5-3-4-6-16(15)23)31-19-10-20(32-21(19)22(24)28)27-12-26-17-8-7-14(9-18(17)27)11-33(29,30)25-2/h3-10,12-13,25H,11H2,1-2H3,(H2,24,28)/t13-/m1/s1. The maximum absolute atomic E-state index is 12.1. The average Bonchev–Trinajstić information content (AvgIpc) is 3.37. The van der Waals surface area contributed by atoms with E-state index in [0.29, 0.717) is 32.4 Å². The van der Waals surface area contributed by atoms with Crippen LogP contribution in [0.5, 0.6) is 5.75 Å². The third kappa shape index (κ3) is 4.88. The number of aromatic nitrogens is 2. The molecule has 0 spiro atoms. The van der Waals surface area contributed by atoms with E-state index in [4.69, 9.17) is 22.1 Å². The van der Waals surface area contributed by atoms with Crippen LogP contribution in [0.3, 0.4) is 0 Å². The third-order valence-corrected chi connectivity index (χ3v) is 7.88. The van der Waals surface area contributed by atoms with Gasteiger partial charge in [-0.3, -0.25) is 9.36 Å². The number of hydrogen-bond acceptors (Lipinski definition) is 6. The Morgan fingerprint density at radius 3 is 2.73 bits per heavy atom. The number of primary amides is 1. The first kappa shape index (κ1) is 23.2. The van der Waals surface area contributed by atoms with E-state index >= 15 is 0 Å². The number of sulfonamides is 1. The Morgan fingerprint density at radius 1 is 1.27 bits per heavy atom. The van der Waals surface area contributed by atoms with E-state index in [9.17, 15) is 13.2 Å². The third-order valence-electron chi connectivity index (χ3n) is 5.07. The number of carbonyl (C=O) groups is 1. The molecule has 1 atom stereocenters. The summed E-state index contributed by atoms with van der Waals surface area (Å²) >= 11 is 7.45. The summed E-state index contributed by atoms with van der Waals surface area (Å²) < 4.78 is 34.1. The van der Waals surface area contributed by atoms with Crippen molar-refractivity contribution < 1.29 is 17.9 Å². The number of thiophene rings is 1. The van der Waals surface area contributed by atoms with Crippen LogP contribution in [-0.2, 0) is 15.8 Å². The Hall–Kier alpha value is -2.92. The molecule has 4 rings (SSSR count). The van der Waals surface area contributed by atoms with Crippen LogP contribution in [0.4, 0.5) is 0 Å². The highest BCUT2D eigenvalue weighted by atomic mass is 35.5. The highest BCUT2D eigenvalue weighted by Gasteiger charge is 2.21. The SMILES string of the molecule is CNS(=O)(=O)Cc1ccc2ncn(-c3cc(O[C@H](C)c4ccccc4Cl)c(C(N)=O)s3)c2c1. The van der Waals surface area contributed by atoms with Gasteiger partial charge in [0.25, 0.3) is 5.91 Å². The van der Waals surface area contributed by atoms with E-state index in [1.54, 1.807) is 41.2 Å². The molecule has 0 saturated heterocycles. The molecule has 8 nitrogen and oxygen atoms in total. The minimum atomic E-state index is -3.43. The Balaban J connectivity index is 1.72. The van der Waals surface area contributed by atoms with Gasteiger partial charge >= 0.3 is 0 Å². The molecule has 11 heteroatoms. The number of halogens is 1. The molecular weight excluding hydrogens is 484 g/mol. The molecule has 4 aromatic rings. The quantitative estimate of drug-likeness (QED) is 0.376. The van der Waals surface area contributed by atoms with Crippen LogP contribution < -0.4 is 15.2 Å². The van der Waals surface area contributed by atoms with Gasteiger partial charge in [-0.15, -0.1) is 11.3 Å². The van der Waals surface area contributed by atoms with Gasteiger partial charge in [0, 0.05) is 16.7 Å². The fourth-order valence-corrected chi connectivity index (χ4v) is 5.39. The highest BCUT2D eigenvalue weighted by Crippen LogP contribution is 2.37. The summed E-state index contributed by atoms with van der Waals surface area (Å²) in [5.41, 5.74) is 8.38. The molecule has 0 aliphatic carbocycles. The lowest BCUT2D eigenvalue weighted by atomic mass is 10.1. The maximum atomic E-state index is 12.1. The number of carbonyl (C=O) groups excluding carboxylic acids is 1. The molecule has 0 saturated carbocycles. The van der Waals surface area contributed by atoms with Gasteiger partial charge in [0.2, 0.25) is 10.0 Å². The van der Waals surface area contributed by atoms with Crippen molar-refractivity contribution in [1.29, 1.82) is 0 Å². The van der Waals surface area contributed by atoms with Crippen molar-refractivity contribution in [2.24, 2.45) is 5.73 Å². The summed E-state index contributed by atoms with van der Waals surface area (Å²) in [7, 11) is -2.05. The number of rotatable bonds is 8. The Morgan fingerprint density at radius 2 is 2.03 bits per heavy atom. The van der Waals surface area contributed by atoms with Gasteiger partial charge in [-0.25, -0.2) is 18.1 Å².